The molecule has 1 aromatic rings. The number of nitrogens with zero attached hydrogens (tertiary/aromatic N) is 4. The zero-order valence-electron chi connectivity index (χ0n) is 13.8. The van der Waals surface area contributed by atoms with Crippen LogP contribution in [0.1, 0.15) is 38.4 Å². The molecule has 0 spiro atoms. The second-order valence-corrected chi connectivity index (χ2v) is 6.69. The summed E-state index contributed by atoms with van der Waals surface area (Å²) in [6.45, 7) is 2.60. The Morgan fingerprint density at radius 1 is 1.25 bits per heavy atom. The average molecular weight is 344 g/mol. The number of amides is 1. The standard InChI is InChI=1S/C16H23F3N4O/c1-12(24)23-8-3-5-14(23)13-4-2-7-21(13)10-15-20-6-9-22(15)11-16(17,18)19/h6,9,13-14H,2-5,7-8,10-11H2,1H3/t13-,14-/m1/s1. The van der Waals surface area contributed by atoms with Crippen LogP contribution in [-0.2, 0) is 17.9 Å². The van der Waals surface area contributed by atoms with Crippen molar-refractivity contribution in [3.63, 3.8) is 0 Å². The summed E-state index contributed by atoms with van der Waals surface area (Å²) in [6, 6.07) is 0.392. The molecule has 0 N–H and O–H groups in total. The predicted octanol–water partition coefficient (Wildman–Crippen LogP) is 2.42. The normalized spacial score (nSPS) is 25.6. The molecular formula is C16H23F3N4O. The molecular weight excluding hydrogens is 321 g/mol. The second-order valence-electron chi connectivity index (χ2n) is 6.69. The lowest BCUT2D eigenvalue weighted by Crippen LogP contribution is -2.47. The number of carbonyl (C=O) groups is 1. The number of aromatic nitrogens is 2. The maximum Gasteiger partial charge on any atom is 0.406 e. The maximum absolute atomic E-state index is 12.7. The molecule has 0 aromatic carbocycles. The summed E-state index contributed by atoms with van der Waals surface area (Å²) in [5.74, 6) is 0.523. The van der Waals surface area contributed by atoms with Gasteiger partial charge in [0.25, 0.3) is 0 Å². The Morgan fingerprint density at radius 2 is 1.96 bits per heavy atom. The molecule has 2 saturated heterocycles. The van der Waals surface area contributed by atoms with E-state index in [4.69, 9.17) is 0 Å². The van der Waals surface area contributed by atoms with Gasteiger partial charge in [-0.25, -0.2) is 4.98 Å². The number of hydrogen-bond acceptors (Lipinski definition) is 3. The van der Waals surface area contributed by atoms with Gasteiger partial charge in [0.15, 0.2) is 0 Å². The zero-order chi connectivity index (χ0) is 17.3. The molecule has 1 aromatic heterocycles. The van der Waals surface area contributed by atoms with Gasteiger partial charge in [-0.2, -0.15) is 13.2 Å². The van der Waals surface area contributed by atoms with Crippen molar-refractivity contribution in [1.82, 2.24) is 19.4 Å². The molecule has 2 fully saturated rings. The van der Waals surface area contributed by atoms with Gasteiger partial charge in [-0.1, -0.05) is 0 Å². The van der Waals surface area contributed by atoms with Crippen molar-refractivity contribution in [2.75, 3.05) is 13.1 Å². The fraction of sp³-hybridized carbons (Fsp3) is 0.750. The van der Waals surface area contributed by atoms with Crippen LogP contribution in [-0.4, -0.2) is 56.6 Å². The Balaban J connectivity index is 1.71. The summed E-state index contributed by atoms with van der Waals surface area (Å²) in [5.41, 5.74) is 0. The first-order valence-electron chi connectivity index (χ1n) is 8.43. The summed E-state index contributed by atoms with van der Waals surface area (Å²) in [6.07, 6.45) is 2.50. The van der Waals surface area contributed by atoms with E-state index in [0.29, 0.717) is 12.4 Å². The number of alkyl halides is 3. The SMILES string of the molecule is CC(=O)N1CCC[C@@H]1[C@H]1CCCN1Cc1nccn1CC(F)(F)F. The molecule has 3 rings (SSSR count). The van der Waals surface area contributed by atoms with Gasteiger partial charge in [0.1, 0.15) is 12.4 Å². The average Bonchev–Trinajstić information content (AvgIpc) is 3.18. The quantitative estimate of drug-likeness (QED) is 0.842. The smallest absolute Gasteiger partial charge is 0.338 e. The Labute approximate surface area is 139 Å². The number of halogens is 3. The number of rotatable bonds is 4. The van der Waals surface area contributed by atoms with E-state index in [9.17, 15) is 18.0 Å². The highest BCUT2D eigenvalue weighted by Gasteiger charge is 2.39. The number of imidazole rings is 1. The lowest BCUT2D eigenvalue weighted by Gasteiger charge is -2.34. The van der Waals surface area contributed by atoms with Gasteiger partial charge in [0.2, 0.25) is 5.91 Å². The van der Waals surface area contributed by atoms with Crippen LogP contribution in [0, 0.1) is 0 Å². The van der Waals surface area contributed by atoms with Crippen molar-refractivity contribution < 1.29 is 18.0 Å². The van der Waals surface area contributed by atoms with Gasteiger partial charge < -0.3 is 9.47 Å². The Hall–Kier alpha value is -1.57. The maximum atomic E-state index is 12.7. The van der Waals surface area contributed by atoms with E-state index in [1.807, 2.05) is 4.90 Å². The van der Waals surface area contributed by atoms with Crippen LogP contribution in [0.3, 0.4) is 0 Å². The molecule has 0 aliphatic carbocycles. The molecule has 1 amide bonds. The van der Waals surface area contributed by atoms with E-state index in [0.717, 1.165) is 38.8 Å². The molecule has 5 nitrogen and oxygen atoms in total. The van der Waals surface area contributed by atoms with Crippen molar-refractivity contribution in [1.29, 1.82) is 0 Å². The summed E-state index contributed by atoms with van der Waals surface area (Å²) in [7, 11) is 0. The van der Waals surface area contributed by atoms with Gasteiger partial charge in [-0.3, -0.25) is 9.69 Å². The van der Waals surface area contributed by atoms with Gasteiger partial charge in [-0.05, 0) is 32.2 Å². The Morgan fingerprint density at radius 3 is 2.67 bits per heavy atom. The second kappa shape index (κ2) is 6.74. The van der Waals surface area contributed by atoms with E-state index >= 15 is 0 Å². The lowest BCUT2D eigenvalue weighted by molar-refractivity contribution is -0.141. The predicted molar refractivity (Wildman–Crippen MR) is 82.1 cm³/mol. The molecule has 2 aliphatic heterocycles. The molecule has 8 heteroatoms. The van der Waals surface area contributed by atoms with Gasteiger partial charge in [0, 0.05) is 37.9 Å². The lowest BCUT2D eigenvalue weighted by atomic mass is 10.0. The summed E-state index contributed by atoms with van der Waals surface area (Å²) < 4.78 is 39.2. The minimum atomic E-state index is -4.25. The largest absolute Gasteiger partial charge is 0.406 e. The highest BCUT2D eigenvalue weighted by atomic mass is 19.4. The Kier molecular flexibility index (Phi) is 4.85. The third-order valence-corrected chi connectivity index (χ3v) is 5.06. The van der Waals surface area contributed by atoms with Crippen LogP contribution >= 0.6 is 0 Å². The van der Waals surface area contributed by atoms with Crippen LogP contribution in [0.15, 0.2) is 12.4 Å². The fourth-order valence-electron chi connectivity index (χ4n) is 4.08. The van der Waals surface area contributed by atoms with Crippen LogP contribution in [0.25, 0.3) is 0 Å². The van der Waals surface area contributed by atoms with Gasteiger partial charge in [-0.15, -0.1) is 0 Å². The van der Waals surface area contributed by atoms with Crippen molar-refractivity contribution in [2.45, 2.75) is 64.0 Å². The minimum Gasteiger partial charge on any atom is -0.338 e. The van der Waals surface area contributed by atoms with E-state index in [1.54, 1.807) is 6.92 Å². The molecule has 0 radical (unpaired) electrons. The molecule has 24 heavy (non-hydrogen) atoms. The first kappa shape index (κ1) is 17.3. The monoisotopic (exact) mass is 344 g/mol. The van der Waals surface area contributed by atoms with Crippen molar-refractivity contribution >= 4 is 5.91 Å². The number of hydrogen-bond donors (Lipinski definition) is 0. The van der Waals surface area contributed by atoms with Gasteiger partial charge >= 0.3 is 6.18 Å². The van der Waals surface area contributed by atoms with E-state index < -0.39 is 12.7 Å². The third kappa shape index (κ3) is 3.74. The van der Waals surface area contributed by atoms with Crippen LogP contribution in [0.4, 0.5) is 13.2 Å². The summed E-state index contributed by atoms with van der Waals surface area (Å²) in [4.78, 5) is 20.1. The molecule has 0 bridgehead atoms. The summed E-state index contributed by atoms with van der Waals surface area (Å²) >= 11 is 0. The highest BCUT2D eigenvalue weighted by molar-refractivity contribution is 5.74. The molecule has 2 atom stereocenters. The van der Waals surface area contributed by atoms with E-state index in [1.165, 1.54) is 17.0 Å². The molecule has 2 aliphatic rings. The zero-order valence-corrected chi connectivity index (χ0v) is 13.8. The van der Waals surface area contributed by atoms with Crippen molar-refractivity contribution in [3.8, 4) is 0 Å². The summed E-state index contributed by atoms with van der Waals surface area (Å²) in [5, 5.41) is 0. The topological polar surface area (TPSA) is 41.4 Å². The van der Waals surface area contributed by atoms with Crippen molar-refractivity contribution in [2.24, 2.45) is 0 Å². The molecule has 0 saturated carbocycles. The fourth-order valence-corrected chi connectivity index (χ4v) is 4.08. The van der Waals surface area contributed by atoms with E-state index in [-0.39, 0.29) is 18.0 Å². The first-order chi connectivity index (χ1) is 11.3. The highest BCUT2D eigenvalue weighted by Crippen LogP contribution is 2.31. The molecule has 3 heterocycles. The number of carbonyl (C=O) groups excluding carboxylic acids is 1. The molecule has 134 valence electrons. The minimum absolute atomic E-state index is 0.0860. The van der Waals surface area contributed by atoms with Crippen LogP contribution in [0.5, 0.6) is 0 Å². The van der Waals surface area contributed by atoms with Gasteiger partial charge in [0.05, 0.1) is 6.54 Å². The van der Waals surface area contributed by atoms with Crippen LogP contribution < -0.4 is 0 Å². The number of likely N-dealkylation sites (tertiary alicyclic amines) is 2. The van der Waals surface area contributed by atoms with Crippen LogP contribution in [0.2, 0.25) is 0 Å². The molecule has 0 unspecified atom stereocenters. The van der Waals surface area contributed by atoms with Crippen molar-refractivity contribution in [3.05, 3.63) is 18.2 Å². The third-order valence-electron chi connectivity index (χ3n) is 5.06. The first-order valence-corrected chi connectivity index (χ1v) is 8.43. The van der Waals surface area contributed by atoms with E-state index in [2.05, 4.69) is 9.88 Å². The Bertz CT molecular complexity index is 586.